The van der Waals surface area contributed by atoms with E-state index >= 15 is 0 Å². The quantitative estimate of drug-likeness (QED) is 0.828. The number of aryl methyl sites for hydroxylation is 2. The highest BCUT2D eigenvalue weighted by atomic mass is 79.9. The Hall–Kier alpha value is -0.710. The number of hydrogen-bond acceptors (Lipinski definition) is 2. The van der Waals surface area contributed by atoms with Gasteiger partial charge in [-0.3, -0.25) is 0 Å². The van der Waals surface area contributed by atoms with Gasteiger partial charge in [-0.15, -0.1) is 11.3 Å². The zero-order chi connectivity index (χ0) is 14.0. The highest BCUT2D eigenvalue weighted by Crippen LogP contribution is 2.35. The first kappa shape index (κ1) is 14.7. The summed E-state index contributed by atoms with van der Waals surface area (Å²) in [5.41, 5.74) is 2.60. The molecule has 0 aliphatic rings. The lowest BCUT2D eigenvalue weighted by Crippen LogP contribution is -2.22. The standard InChI is InChI=1S/C15H17BrFNS/c1-4-18-14(12-8-10(3)15(16)19-12)11-7-5-6-9(2)13(11)17/h5-8,14,18H,4H2,1-3H3. The molecular weight excluding hydrogens is 325 g/mol. The summed E-state index contributed by atoms with van der Waals surface area (Å²) in [6.45, 7) is 6.69. The van der Waals surface area contributed by atoms with Crippen molar-refractivity contribution in [3.8, 4) is 0 Å². The van der Waals surface area contributed by atoms with Gasteiger partial charge in [0.25, 0.3) is 0 Å². The fourth-order valence-electron chi connectivity index (χ4n) is 2.09. The van der Waals surface area contributed by atoms with E-state index in [0.717, 1.165) is 20.8 Å². The summed E-state index contributed by atoms with van der Waals surface area (Å²) in [4.78, 5) is 1.13. The smallest absolute Gasteiger partial charge is 0.131 e. The second kappa shape index (κ2) is 6.16. The first-order chi connectivity index (χ1) is 9.04. The first-order valence-corrected chi connectivity index (χ1v) is 7.89. The van der Waals surface area contributed by atoms with Crippen molar-refractivity contribution in [1.29, 1.82) is 0 Å². The summed E-state index contributed by atoms with van der Waals surface area (Å²) >= 11 is 5.20. The summed E-state index contributed by atoms with van der Waals surface area (Å²) in [7, 11) is 0. The molecule has 0 aliphatic heterocycles. The third-order valence-corrected chi connectivity index (χ3v) is 5.30. The van der Waals surface area contributed by atoms with Gasteiger partial charge in [0.2, 0.25) is 0 Å². The van der Waals surface area contributed by atoms with Gasteiger partial charge < -0.3 is 5.32 Å². The van der Waals surface area contributed by atoms with Crippen LogP contribution in [0.4, 0.5) is 4.39 Å². The number of rotatable bonds is 4. The van der Waals surface area contributed by atoms with Gasteiger partial charge in [0.1, 0.15) is 5.82 Å². The molecule has 0 amide bonds. The van der Waals surface area contributed by atoms with Crippen molar-refractivity contribution in [3.05, 3.63) is 55.4 Å². The molecule has 0 spiro atoms. The SMILES string of the molecule is CCNC(c1cc(C)c(Br)s1)c1cccc(C)c1F. The molecule has 1 nitrogen and oxygen atoms in total. The Bertz CT molecular complexity index is 560. The van der Waals surface area contributed by atoms with Crippen LogP contribution in [0.5, 0.6) is 0 Å². The Balaban J connectivity index is 2.48. The van der Waals surface area contributed by atoms with Crippen molar-refractivity contribution in [2.45, 2.75) is 26.8 Å². The van der Waals surface area contributed by atoms with E-state index in [1.807, 2.05) is 19.1 Å². The monoisotopic (exact) mass is 341 g/mol. The second-order valence-electron chi connectivity index (χ2n) is 4.57. The number of benzene rings is 1. The Morgan fingerprint density at radius 3 is 2.63 bits per heavy atom. The molecule has 1 atom stereocenters. The van der Waals surface area contributed by atoms with Crippen LogP contribution in [-0.4, -0.2) is 6.54 Å². The van der Waals surface area contributed by atoms with Gasteiger partial charge in [-0.1, -0.05) is 25.1 Å². The summed E-state index contributed by atoms with van der Waals surface area (Å²) in [6, 6.07) is 7.60. The number of nitrogens with one attached hydrogen (secondary N) is 1. The van der Waals surface area contributed by atoms with E-state index in [2.05, 4.69) is 34.2 Å². The molecule has 19 heavy (non-hydrogen) atoms. The fourth-order valence-corrected chi connectivity index (χ4v) is 3.75. The van der Waals surface area contributed by atoms with Gasteiger partial charge in [-0.05, 0) is 53.5 Å². The zero-order valence-electron chi connectivity index (χ0n) is 11.3. The lowest BCUT2D eigenvalue weighted by Gasteiger charge is -2.18. The maximum atomic E-state index is 14.3. The van der Waals surface area contributed by atoms with E-state index in [9.17, 15) is 4.39 Å². The highest BCUT2D eigenvalue weighted by molar-refractivity contribution is 9.11. The molecule has 0 saturated carbocycles. The molecule has 0 aliphatic carbocycles. The van der Waals surface area contributed by atoms with Crippen molar-refractivity contribution in [1.82, 2.24) is 5.32 Å². The van der Waals surface area contributed by atoms with Crippen molar-refractivity contribution >= 4 is 27.3 Å². The van der Waals surface area contributed by atoms with E-state index < -0.39 is 0 Å². The average Bonchev–Trinajstić information content (AvgIpc) is 2.70. The van der Waals surface area contributed by atoms with Gasteiger partial charge in [-0.2, -0.15) is 0 Å². The minimum absolute atomic E-state index is 0.0834. The summed E-state index contributed by atoms with van der Waals surface area (Å²) in [6.07, 6.45) is 0. The average molecular weight is 342 g/mol. The molecule has 1 aromatic carbocycles. The van der Waals surface area contributed by atoms with E-state index in [1.165, 1.54) is 5.56 Å². The van der Waals surface area contributed by atoms with Crippen molar-refractivity contribution < 1.29 is 4.39 Å². The normalized spacial score (nSPS) is 12.7. The van der Waals surface area contributed by atoms with Gasteiger partial charge >= 0.3 is 0 Å². The molecule has 1 unspecified atom stereocenters. The molecule has 2 aromatic rings. The summed E-state index contributed by atoms with van der Waals surface area (Å²) in [5.74, 6) is -0.115. The van der Waals surface area contributed by atoms with Crippen LogP contribution < -0.4 is 5.32 Å². The number of hydrogen-bond donors (Lipinski definition) is 1. The maximum Gasteiger partial charge on any atom is 0.131 e. The zero-order valence-corrected chi connectivity index (χ0v) is 13.7. The van der Waals surface area contributed by atoms with Crippen LogP contribution in [0.25, 0.3) is 0 Å². The maximum absolute atomic E-state index is 14.3. The van der Waals surface area contributed by atoms with Gasteiger partial charge in [0.15, 0.2) is 0 Å². The molecule has 0 bridgehead atoms. The van der Waals surface area contributed by atoms with Crippen LogP contribution in [0.3, 0.4) is 0 Å². The van der Waals surface area contributed by atoms with Crippen LogP contribution in [-0.2, 0) is 0 Å². The van der Waals surface area contributed by atoms with Crippen LogP contribution in [0.15, 0.2) is 28.1 Å². The predicted octanol–water partition coefficient (Wildman–Crippen LogP) is 4.97. The molecule has 2 rings (SSSR count). The molecule has 102 valence electrons. The van der Waals surface area contributed by atoms with Crippen molar-refractivity contribution in [2.75, 3.05) is 6.54 Å². The predicted molar refractivity (Wildman–Crippen MR) is 83.4 cm³/mol. The van der Waals surface area contributed by atoms with E-state index in [0.29, 0.717) is 5.56 Å². The summed E-state index contributed by atoms with van der Waals surface area (Å²) in [5, 5.41) is 3.37. The molecule has 0 saturated heterocycles. The fraction of sp³-hybridized carbons (Fsp3) is 0.333. The molecule has 1 heterocycles. The second-order valence-corrected chi connectivity index (χ2v) is 6.98. The van der Waals surface area contributed by atoms with Crippen LogP contribution >= 0.6 is 27.3 Å². The Kier molecular flexibility index (Phi) is 4.76. The Morgan fingerprint density at radius 1 is 1.32 bits per heavy atom. The molecule has 1 aromatic heterocycles. The Labute approximate surface area is 126 Å². The van der Waals surface area contributed by atoms with Gasteiger partial charge in [0, 0.05) is 10.4 Å². The molecular formula is C15H17BrFNS. The summed E-state index contributed by atoms with van der Waals surface area (Å²) < 4.78 is 15.4. The van der Waals surface area contributed by atoms with Crippen molar-refractivity contribution in [3.63, 3.8) is 0 Å². The molecule has 0 fully saturated rings. The molecule has 4 heteroatoms. The number of halogens is 2. The van der Waals surface area contributed by atoms with Crippen LogP contribution in [0.1, 0.15) is 34.5 Å². The van der Waals surface area contributed by atoms with Crippen molar-refractivity contribution in [2.24, 2.45) is 0 Å². The largest absolute Gasteiger partial charge is 0.306 e. The van der Waals surface area contributed by atoms with E-state index in [-0.39, 0.29) is 11.9 Å². The van der Waals surface area contributed by atoms with Crippen LogP contribution in [0.2, 0.25) is 0 Å². The molecule has 1 N–H and O–H groups in total. The lowest BCUT2D eigenvalue weighted by atomic mass is 10.0. The lowest BCUT2D eigenvalue weighted by molar-refractivity contribution is 0.557. The van der Waals surface area contributed by atoms with Gasteiger partial charge in [-0.25, -0.2) is 4.39 Å². The molecule has 0 radical (unpaired) electrons. The topological polar surface area (TPSA) is 12.0 Å². The minimum Gasteiger partial charge on any atom is -0.306 e. The van der Waals surface area contributed by atoms with Gasteiger partial charge in [0.05, 0.1) is 9.83 Å². The Morgan fingerprint density at radius 2 is 2.05 bits per heavy atom. The highest BCUT2D eigenvalue weighted by Gasteiger charge is 2.20. The van der Waals surface area contributed by atoms with E-state index in [1.54, 1.807) is 24.3 Å². The first-order valence-electron chi connectivity index (χ1n) is 6.28. The minimum atomic E-state index is -0.115. The van der Waals surface area contributed by atoms with Crippen LogP contribution in [0, 0.1) is 19.7 Å². The van der Waals surface area contributed by atoms with E-state index in [4.69, 9.17) is 0 Å². The third-order valence-electron chi connectivity index (χ3n) is 3.10. The number of thiophene rings is 1. The third kappa shape index (κ3) is 3.07.